The fourth-order valence-electron chi connectivity index (χ4n) is 0. The molecule has 0 aliphatic heterocycles. The van der Waals surface area contributed by atoms with Gasteiger partial charge in [0.15, 0.2) is 0 Å². The van der Waals surface area contributed by atoms with Crippen LogP contribution in [0.4, 0.5) is 0 Å². The molecular formula is C16H38LiSn2. The molecule has 0 atom stereocenters. The smallest absolute Gasteiger partial charge is 0 e. The summed E-state index contributed by atoms with van der Waals surface area (Å²) in [4.78, 5) is 0. The Kier molecular flexibility index (Phi) is 83.4. The Morgan fingerprint density at radius 2 is 0.368 bits per heavy atom. The zero-order valence-electron chi connectivity index (χ0n) is 16.0. The predicted octanol–water partition coefficient (Wildman–Crippen LogP) is 5.59. The normalized spacial score (nSPS) is 7.58. The molecule has 0 aromatic carbocycles. The fourth-order valence-corrected chi connectivity index (χ4v) is 0. The van der Waals surface area contributed by atoms with Gasteiger partial charge < -0.3 is 0 Å². The summed E-state index contributed by atoms with van der Waals surface area (Å²) in [6.07, 6.45) is 0. The van der Waals surface area contributed by atoms with Crippen LogP contribution in [0.3, 0.4) is 0 Å². The Hall–Kier alpha value is 2.19. The Morgan fingerprint density at radius 3 is 0.368 bits per heavy atom. The molecule has 3 heteroatoms. The second-order valence-electron chi connectivity index (χ2n) is 6.00. The molecule has 13 radical (unpaired) electrons. The van der Waals surface area contributed by atoms with Gasteiger partial charge in [0.1, 0.15) is 0 Å². The van der Waals surface area contributed by atoms with E-state index in [4.69, 9.17) is 0 Å². The molecule has 0 amide bonds. The SMILES string of the molecule is C[C](C)C.C[C](C)C.C[C](C)C.C[C](C)C.[HH].[Li].[Sn].[Sn]. The molecule has 0 aliphatic rings. The summed E-state index contributed by atoms with van der Waals surface area (Å²) in [5.41, 5.74) is 0. The molecule has 0 aliphatic carbocycles. The van der Waals surface area contributed by atoms with Gasteiger partial charge in [0.2, 0.25) is 0 Å². The van der Waals surface area contributed by atoms with Crippen LogP contribution in [0, 0.1) is 23.7 Å². The molecule has 0 heterocycles. The molecule has 0 rings (SSSR count). The van der Waals surface area contributed by atoms with E-state index in [9.17, 15) is 0 Å². The molecular weight excluding hydrogens is 437 g/mol. The Bertz CT molecular complexity index is 63.5. The van der Waals surface area contributed by atoms with Crippen molar-refractivity contribution in [1.29, 1.82) is 0 Å². The third kappa shape index (κ3) is 1390. The van der Waals surface area contributed by atoms with Crippen molar-refractivity contribution in [1.82, 2.24) is 0 Å². The van der Waals surface area contributed by atoms with E-state index in [2.05, 4.69) is 83.1 Å². The molecule has 0 saturated carbocycles. The molecule has 0 saturated heterocycles. The first-order chi connectivity index (χ1) is 6.93. The third-order valence-electron chi connectivity index (χ3n) is 0. The van der Waals surface area contributed by atoms with E-state index >= 15 is 0 Å². The number of rotatable bonds is 0. The Labute approximate surface area is 173 Å². The minimum atomic E-state index is 0. The van der Waals surface area contributed by atoms with Crippen molar-refractivity contribution < 1.29 is 1.43 Å². The van der Waals surface area contributed by atoms with Gasteiger partial charge in [0.25, 0.3) is 0 Å². The summed E-state index contributed by atoms with van der Waals surface area (Å²) in [6, 6.07) is 0. The first kappa shape index (κ1) is 42.9. The Morgan fingerprint density at radius 1 is 0.368 bits per heavy atom. The molecule has 0 aromatic rings. The zero-order valence-corrected chi connectivity index (χ0v) is 21.7. The van der Waals surface area contributed by atoms with E-state index in [0.717, 1.165) is 0 Å². The molecule has 19 heavy (non-hydrogen) atoms. The molecule has 111 valence electrons. The maximum absolute atomic E-state index is 2.08. The minimum Gasteiger partial charge on any atom is -0.0597 e. The van der Waals surface area contributed by atoms with Crippen LogP contribution in [-0.2, 0) is 0 Å². The molecule has 0 nitrogen and oxygen atoms in total. The third-order valence-corrected chi connectivity index (χ3v) is 0. The van der Waals surface area contributed by atoms with Crippen molar-refractivity contribution in [3.05, 3.63) is 23.7 Å². The van der Waals surface area contributed by atoms with Crippen LogP contribution in [0.5, 0.6) is 0 Å². The summed E-state index contributed by atoms with van der Waals surface area (Å²) >= 11 is 0. The van der Waals surface area contributed by atoms with E-state index < -0.39 is 0 Å². The maximum atomic E-state index is 2.08. The molecule has 0 fully saturated rings. The van der Waals surface area contributed by atoms with Crippen LogP contribution in [0.2, 0.25) is 0 Å². The van der Waals surface area contributed by atoms with Crippen molar-refractivity contribution >= 4 is 66.7 Å². The zero-order chi connectivity index (χ0) is 14.3. The average molecular weight is 475 g/mol. The van der Waals surface area contributed by atoms with Gasteiger partial charge in [-0.15, -0.1) is 0 Å². The van der Waals surface area contributed by atoms with Gasteiger partial charge in [-0.05, 0) is 23.7 Å². The van der Waals surface area contributed by atoms with Crippen molar-refractivity contribution in [2.24, 2.45) is 0 Å². The van der Waals surface area contributed by atoms with Gasteiger partial charge in [-0.1, -0.05) is 83.1 Å². The molecule has 0 unspecified atom stereocenters. The Balaban J connectivity index is -0.0000000150. The van der Waals surface area contributed by atoms with Gasteiger partial charge >= 0.3 is 0 Å². The van der Waals surface area contributed by atoms with Gasteiger partial charge in [-0.2, -0.15) is 0 Å². The maximum Gasteiger partial charge on any atom is 0 e. The molecule has 0 spiro atoms. The van der Waals surface area contributed by atoms with Crippen LogP contribution in [0.25, 0.3) is 0 Å². The van der Waals surface area contributed by atoms with Gasteiger partial charge in [-0.25, -0.2) is 0 Å². The fraction of sp³-hybridized carbons (Fsp3) is 0.750. The van der Waals surface area contributed by atoms with Crippen LogP contribution in [-0.4, -0.2) is 66.7 Å². The van der Waals surface area contributed by atoms with Crippen molar-refractivity contribution in [3.63, 3.8) is 0 Å². The van der Waals surface area contributed by atoms with E-state index in [1.54, 1.807) is 0 Å². The molecule has 0 aromatic heterocycles. The summed E-state index contributed by atoms with van der Waals surface area (Å²) in [5.74, 6) is 5.67. The van der Waals surface area contributed by atoms with Crippen LogP contribution in [0.1, 0.15) is 84.5 Å². The topological polar surface area (TPSA) is 0 Å². The standard InChI is InChI=1S/4C4H9.Li.2Sn.H2/c4*1-4(2)3;;;;/h4*1-3H3;;;;1H. The number of hydrogen-bond donors (Lipinski definition) is 0. The predicted molar refractivity (Wildman–Crippen MR) is 100 cm³/mol. The quantitative estimate of drug-likeness (QED) is 0.402. The van der Waals surface area contributed by atoms with Crippen LogP contribution >= 0.6 is 0 Å². The average Bonchev–Trinajstić information content (AvgIpc) is 1.76. The van der Waals surface area contributed by atoms with Crippen LogP contribution in [0.15, 0.2) is 0 Å². The van der Waals surface area contributed by atoms with Crippen LogP contribution < -0.4 is 0 Å². The first-order valence-corrected chi connectivity index (χ1v) is 6.00. The van der Waals surface area contributed by atoms with Gasteiger partial charge in [0.05, 0.1) is 0 Å². The first-order valence-electron chi connectivity index (χ1n) is 6.00. The van der Waals surface area contributed by atoms with E-state index in [1.807, 2.05) is 0 Å². The molecule has 0 N–H and O–H groups in total. The van der Waals surface area contributed by atoms with E-state index in [1.165, 1.54) is 23.7 Å². The minimum absolute atomic E-state index is 0. The second-order valence-corrected chi connectivity index (χ2v) is 6.00. The van der Waals surface area contributed by atoms with Crippen molar-refractivity contribution in [3.8, 4) is 0 Å². The largest absolute Gasteiger partial charge is 0.0597 e. The number of hydrogen-bond acceptors (Lipinski definition) is 0. The van der Waals surface area contributed by atoms with Crippen molar-refractivity contribution in [2.45, 2.75) is 83.1 Å². The molecule has 0 bridgehead atoms. The van der Waals surface area contributed by atoms with Gasteiger partial charge in [-0.3, -0.25) is 0 Å². The van der Waals surface area contributed by atoms with Gasteiger partial charge in [0, 0.05) is 68.1 Å². The second kappa shape index (κ2) is 36.9. The monoisotopic (exact) mass is 477 g/mol. The van der Waals surface area contributed by atoms with E-state index in [-0.39, 0.29) is 68.1 Å². The van der Waals surface area contributed by atoms with Crippen molar-refractivity contribution in [2.75, 3.05) is 0 Å². The summed E-state index contributed by atoms with van der Waals surface area (Å²) < 4.78 is 0. The summed E-state index contributed by atoms with van der Waals surface area (Å²) in [7, 11) is 0. The summed E-state index contributed by atoms with van der Waals surface area (Å²) in [6.45, 7) is 25.0. The van der Waals surface area contributed by atoms with E-state index in [0.29, 0.717) is 0 Å². The summed E-state index contributed by atoms with van der Waals surface area (Å²) in [5, 5.41) is 0.